The van der Waals surface area contributed by atoms with Gasteiger partial charge in [-0.15, -0.1) is 0 Å². The van der Waals surface area contributed by atoms with Crippen LogP contribution in [0.5, 0.6) is 5.75 Å². The van der Waals surface area contributed by atoms with Crippen LogP contribution in [0, 0.1) is 18.6 Å². The summed E-state index contributed by atoms with van der Waals surface area (Å²) in [6.45, 7) is 1.70. The van der Waals surface area contributed by atoms with Crippen molar-refractivity contribution in [3.05, 3.63) is 57.6 Å². The first-order valence-corrected chi connectivity index (χ1v) is 6.39. The van der Waals surface area contributed by atoms with Gasteiger partial charge < -0.3 is 10.5 Å². The van der Waals surface area contributed by atoms with Crippen LogP contribution in [-0.4, -0.2) is 0 Å². The van der Waals surface area contributed by atoms with Gasteiger partial charge >= 0.3 is 0 Å². The third kappa shape index (κ3) is 3.23. The third-order valence-corrected chi connectivity index (χ3v) is 3.20. The van der Waals surface area contributed by atoms with E-state index >= 15 is 0 Å². The molecule has 0 bridgehead atoms. The van der Waals surface area contributed by atoms with E-state index in [1.54, 1.807) is 19.1 Å². The second kappa shape index (κ2) is 5.57. The van der Waals surface area contributed by atoms with Gasteiger partial charge in [-0.3, -0.25) is 0 Å². The molecule has 0 amide bonds. The largest absolute Gasteiger partial charge is 0.486 e. The highest BCUT2D eigenvalue weighted by Crippen LogP contribution is 2.25. The Morgan fingerprint density at radius 2 is 1.89 bits per heavy atom. The third-order valence-electron chi connectivity index (χ3n) is 2.71. The van der Waals surface area contributed by atoms with Crippen molar-refractivity contribution < 1.29 is 13.5 Å². The molecule has 0 aliphatic rings. The fourth-order valence-corrected chi connectivity index (χ4v) is 2.00. The van der Waals surface area contributed by atoms with Crippen molar-refractivity contribution in [2.24, 2.45) is 0 Å². The summed E-state index contributed by atoms with van der Waals surface area (Å²) >= 11 is 3.25. The SMILES string of the molecule is Cc1cc(OCc2cc(Br)ccc2F)c(F)cc1N. The van der Waals surface area contributed by atoms with Gasteiger partial charge in [0.05, 0.1) is 0 Å². The van der Waals surface area contributed by atoms with Crippen LogP contribution in [0.15, 0.2) is 34.8 Å². The molecular weight excluding hydrogens is 316 g/mol. The molecule has 0 unspecified atom stereocenters. The van der Waals surface area contributed by atoms with Gasteiger partial charge in [-0.1, -0.05) is 15.9 Å². The molecule has 0 saturated heterocycles. The van der Waals surface area contributed by atoms with Gasteiger partial charge in [0.2, 0.25) is 0 Å². The van der Waals surface area contributed by atoms with E-state index in [2.05, 4.69) is 15.9 Å². The van der Waals surface area contributed by atoms with E-state index in [1.165, 1.54) is 18.2 Å². The van der Waals surface area contributed by atoms with Crippen LogP contribution in [0.2, 0.25) is 0 Å². The Bertz CT molecular complexity index is 617. The van der Waals surface area contributed by atoms with Gasteiger partial charge in [-0.05, 0) is 36.8 Å². The lowest BCUT2D eigenvalue weighted by Gasteiger charge is -2.10. The fraction of sp³-hybridized carbons (Fsp3) is 0.143. The standard InChI is InChI=1S/C14H12BrF2NO/c1-8-4-14(12(17)6-13(8)18)19-7-9-5-10(15)2-3-11(9)16/h2-6H,7,18H2,1H3. The van der Waals surface area contributed by atoms with Crippen molar-refractivity contribution in [2.75, 3.05) is 5.73 Å². The van der Waals surface area contributed by atoms with Gasteiger partial charge in [-0.25, -0.2) is 8.78 Å². The zero-order valence-corrected chi connectivity index (χ0v) is 11.8. The van der Waals surface area contributed by atoms with E-state index in [9.17, 15) is 8.78 Å². The number of halogens is 3. The molecule has 2 aromatic carbocycles. The maximum absolute atomic E-state index is 13.6. The number of hydrogen-bond acceptors (Lipinski definition) is 2. The van der Waals surface area contributed by atoms with Crippen LogP contribution < -0.4 is 10.5 Å². The van der Waals surface area contributed by atoms with E-state index in [1.807, 2.05) is 0 Å². The molecule has 0 heterocycles. The topological polar surface area (TPSA) is 35.2 Å². The zero-order valence-electron chi connectivity index (χ0n) is 10.2. The predicted molar refractivity (Wildman–Crippen MR) is 74.0 cm³/mol. The van der Waals surface area contributed by atoms with Gasteiger partial charge in [0.1, 0.15) is 12.4 Å². The van der Waals surface area contributed by atoms with Crippen LogP contribution >= 0.6 is 15.9 Å². The summed E-state index contributed by atoms with van der Waals surface area (Å²) in [5.74, 6) is -0.889. The molecule has 19 heavy (non-hydrogen) atoms. The molecule has 0 aliphatic heterocycles. The Kier molecular flexibility index (Phi) is 4.04. The summed E-state index contributed by atoms with van der Waals surface area (Å²) < 4.78 is 33.1. The first-order chi connectivity index (χ1) is 8.97. The Hall–Kier alpha value is -1.62. The van der Waals surface area contributed by atoms with Crippen molar-refractivity contribution in [3.63, 3.8) is 0 Å². The summed E-state index contributed by atoms with van der Waals surface area (Å²) in [7, 11) is 0. The number of rotatable bonds is 3. The molecule has 0 fully saturated rings. The predicted octanol–water partition coefficient (Wildman–Crippen LogP) is 4.20. The average molecular weight is 328 g/mol. The molecule has 0 radical (unpaired) electrons. The minimum atomic E-state index is -0.557. The minimum Gasteiger partial charge on any atom is -0.486 e. The summed E-state index contributed by atoms with van der Waals surface area (Å²) in [6, 6.07) is 7.21. The number of hydrogen-bond donors (Lipinski definition) is 1. The van der Waals surface area contributed by atoms with Crippen molar-refractivity contribution in [2.45, 2.75) is 13.5 Å². The van der Waals surface area contributed by atoms with Gasteiger partial charge in [-0.2, -0.15) is 0 Å². The second-order valence-electron chi connectivity index (χ2n) is 4.16. The summed E-state index contributed by atoms with van der Waals surface area (Å²) in [5.41, 5.74) is 7.00. The quantitative estimate of drug-likeness (QED) is 0.857. The summed E-state index contributed by atoms with van der Waals surface area (Å²) in [5, 5.41) is 0. The Morgan fingerprint density at radius 1 is 1.16 bits per heavy atom. The first-order valence-electron chi connectivity index (χ1n) is 5.59. The average Bonchev–Trinajstić information content (AvgIpc) is 2.36. The lowest BCUT2D eigenvalue weighted by Crippen LogP contribution is -2.01. The van der Waals surface area contributed by atoms with Crippen molar-refractivity contribution >= 4 is 21.6 Å². The lowest BCUT2D eigenvalue weighted by atomic mass is 10.2. The van der Waals surface area contributed by atoms with Crippen LogP contribution in [0.25, 0.3) is 0 Å². The Balaban J connectivity index is 2.19. The van der Waals surface area contributed by atoms with E-state index < -0.39 is 11.6 Å². The van der Waals surface area contributed by atoms with Crippen LogP contribution in [0.4, 0.5) is 14.5 Å². The number of aryl methyl sites for hydroxylation is 1. The number of benzene rings is 2. The first kappa shape index (κ1) is 13.8. The molecule has 0 saturated carbocycles. The number of nitrogen functional groups attached to an aromatic ring is 1. The van der Waals surface area contributed by atoms with Gasteiger partial charge in [0.15, 0.2) is 11.6 Å². The fourth-order valence-electron chi connectivity index (χ4n) is 1.59. The highest BCUT2D eigenvalue weighted by atomic mass is 79.9. The normalized spacial score (nSPS) is 10.5. The Labute approximate surface area is 118 Å². The van der Waals surface area contributed by atoms with E-state index in [4.69, 9.17) is 10.5 Å². The number of anilines is 1. The molecule has 0 spiro atoms. The molecule has 0 atom stereocenters. The summed E-state index contributed by atoms with van der Waals surface area (Å²) in [4.78, 5) is 0. The second-order valence-corrected chi connectivity index (χ2v) is 5.08. The Morgan fingerprint density at radius 3 is 2.63 bits per heavy atom. The van der Waals surface area contributed by atoms with E-state index in [0.29, 0.717) is 16.8 Å². The molecule has 0 aliphatic carbocycles. The van der Waals surface area contributed by atoms with Gasteiger partial charge in [0.25, 0.3) is 0 Å². The van der Waals surface area contributed by atoms with Crippen LogP contribution in [-0.2, 0) is 6.61 Å². The van der Waals surface area contributed by atoms with E-state index in [0.717, 1.165) is 4.47 Å². The van der Waals surface area contributed by atoms with Crippen molar-refractivity contribution in [1.82, 2.24) is 0 Å². The molecule has 2 N–H and O–H groups in total. The molecular formula is C14H12BrF2NO. The highest BCUT2D eigenvalue weighted by molar-refractivity contribution is 9.10. The molecule has 100 valence electrons. The van der Waals surface area contributed by atoms with E-state index in [-0.39, 0.29) is 12.4 Å². The van der Waals surface area contributed by atoms with Crippen LogP contribution in [0.1, 0.15) is 11.1 Å². The molecule has 2 rings (SSSR count). The van der Waals surface area contributed by atoms with Crippen LogP contribution in [0.3, 0.4) is 0 Å². The number of ether oxygens (including phenoxy) is 1. The highest BCUT2D eigenvalue weighted by Gasteiger charge is 2.09. The maximum atomic E-state index is 13.6. The van der Waals surface area contributed by atoms with Crippen molar-refractivity contribution in [3.8, 4) is 5.75 Å². The smallest absolute Gasteiger partial charge is 0.167 e. The molecule has 5 heteroatoms. The number of nitrogens with two attached hydrogens (primary N) is 1. The lowest BCUT2D eigenvalue weighted by molar-refractivity contribution is 0.284. The zero-order chi connectivity index (χ0) is 14.0. The molecule has 2 nitrogen and oxygen atoms in total. The summed E-state index contributed by atoms with van der Waals surface area (Å²) in [6.07, 6.45) is 0. The minimum absolute atomic E-state index is 0.0500. The maximum Gasteiger partial charge on any atom is 0.167 e. The monoisotopic (exact) mass is 327 g/mol. The van der Waals surface area contributed by atoms with Gasteiger partial charge in [0, 0.05) is 21.8 Å². The van der Waals surface area contributed by atoms with Crippen molar-refractivity contribution in [1.29, 1.82) is 0 Å². The molecule has 2 aromatic rings. The molecule has 0 aromatic heterocycles.